The maximum atomic E-state index is 11.3. The highest BCUT2D eigenvalue weighted by molar-refractivity contribution is 9.10. The first kappa shape index (κ1) is 9.35. The summed E-state index contributed by atoms with van der Waals surface area (Å²) in [7, 11) is 0. The van der Waals surface area contributed by atoms with Gasteiger partial charge in [0.1, 0.15) is 5.69 Å². The monoisotopic (exact) mass is 228 g/mol. The molecule has 1 aromatic heterocycles. The lowest BCUT2D eigenvalue weighted by molar-refractivity contribution is 0.0980. The minimum absolute atomic E-state index is 0.0232. The van der Waals surface area contributed by atoms with Gasteiger partial charge in [-0.3, -0.25) is 9.78 Å². The minimum atomic E-state index is -0.0232. The fourth-order valence-corrected chi connectivity index (χ4v) is 1.32. The lowest BCUT2D eigenvalue weighted by Gasteiger charge is -1.99. The van der Waals surface area contributed by atoms with Crippen molar-refractivity contribution in [3.8, 4) is 0 Å². The predicted octanol–water partition coefficient (Wildman–Crippen LogP) is 1.38. The van der Waals surface area contributed by atoms with E-state index in [4.69, 9.17) is 5.73 Å². The topological polar surface area (TPSA) is 56.0 Å². The Labute approximate surface area is 79.1 Å². The maximum Gasteiger partial charge on any atom is 0.183 e. The molecule has 3 nitrogen and oxygen atoms in total. The highest BCUT2D eigenvalue weighted by Gasteiger charge is 2.08. The average Bonchev–Trinajstić information content (AvgIpc) is 2.05. The summed E-state index contributed by atoms with van der Waals surface area (Å²) in [5.74, 6) is -0.0232. The largest absolute Gasteiger partial charge is 0.330 e. The van der Waals surface area contributed by atoms with Crippen LogP contribution in [-0.2, 0) is 0 Å². The van der Waals surface area contributed by atoms with Crippen molar-refractivity contribution in [2.24, 2.45) is 5.73 Å². The molecule has 1 aromatic rings. The molecule has 0 aliphatic rings. The van der Waals surface area contributed by atoms with Gasteiger partial charge in [-0.2, -0.15) is 0 Å². The van der Waals surface area contributed by atoms with Crippen molar-refractivity contribution in [3.05, 3.63) is 28.5 Å². The van der Waals surface area contributed by atoms with E-state index in [-0.39, 0.29) is 5.78 Å². The summed E-state index contributed by atoms with van der Waals surface area (Å²) in [4.78, 5) is 15.2. The van der Waals surface area contributed by atoms with Crippen LogP contribution < -0.4 is 5.73 Å². The third-order valence-electron chi connectivity index (χ3n) is 1.39. The Kier molecular flexibility index (Phi) is 3.37. The summed E-state index contributed by atoms with van der Waals surface area (Å²) in [6, 6.07) is 3.56. The van der Waals surface area contributed by atoms with Crippen molar-refractivity contribution in [3.63, 3.8) is 0 Å². The van der Waals surface area contributed by atoms with Crippen LogP contribution in [0.1, 0.15) is 16.9 Å². The Balaban J connectivity index is 2.87. The van der Waals surface area contributed by atoms with Crippen LogP contribution in [0.4, 0.5) is 0 Å². The van der Waals surface area contributed by atoms with Gasteiger partial charge in [0.15, 0.2) is 5.78 Å². The molecule has 0 amide bonds. The van der Waals surface area contributed by atoms with Crippen LogP contribution in [-0.4, -0.2) is 17.3 Å². The van der Waals surface area contributed by atoms with E-state index < -0.39 is 0 Å². The van der Waals surface area contributed by atoms with Gasteiger partial charge in [0.2, 0.25) is 0 Å². The Morgan fingerprint density at radius 3 is 3.00 bits per heavy atom. The first-order chi connectivity index (χ1) is 5.75. The average molecular weight is 229 g/mol. The summed E-state index contributed by atoms with van der Waals surface area (Å²) in [6.45, 7) is 0.363. The zero-order valence-electron chi connectivity index (χ0n) is 6.46. The number of rotatable bonds is 3. The molecule has 64 valence electrons. The van der Waals surface area contributed by atoms with Crippen LogP contribution >= 0.6 is 15.9 Å². The number of hydrogen-bond donors (Lipinski definition) is 1. The van der Waals surface area contributed by atoms with Crippen LogP contribution in [0.15, 0.2) is 22.8 Å². The lowest BCUT2D eigenvalue weighted by Crippen LogP contribution is -2.09. The molecule has 0 fully saturated rings. The number of aromatic nitrogens is 1. The summed E-state index contributed by atoms with van der Waals surface area (Å²) < 4.78 is 0.725. The van der Waals surface area contributed by atoms with E-state index >= 15 is 0 Å². The molecule has 1 rings (SSSR count). The van der Waals surface area contributed by atoms with Gasteiger partial charge in [0, 0.05) is 17.1 Å². The van der Waals surface area contributed by atoms with Crippen molar-refractivity contribution in [1.82, 2.24) is 4.98 Å². The molecule has 1 heterocycles. The fourth-order valence-electron chi connectivity index (χ4n) is 0.840. The maximum absolute atomic E-state index is 11.3. The number of ketones is 1. The second-order valence-electron chi connectivity index (χ2n) is 2.30. The van der Waals surface area contributed by atoms with E-state index in [9.17, 15) is 4.79 Å². The molecule has 0 radical (unpaired) electrons. The zero-order chi connectivity index (χ0) is 8.97. The third-order valence-corrected chi connectivity index (χ3v) is 2.03. The van der Waals surface area contributed by atoms with Gasteiger partial charge < -0.3 is 5.73 Å². The van der Waals surface area contributed by atoms with Crippen LogP contribution in [0.25, 0.3) is 0 Å². The van der Waals surface area contributed by atoms with E-state index in [1.165, 1.54) is 0 Å². The molecule has 0 saturated heterocycles. The van der Waals surface area contributed by atoms with Crippen LogP contribution in [0.2, 0.25) is 0 Å². The second kappa shape index (κ2) is 4.33. The van der Waals surface area contributed by atoms with E-state index in [2.05, 4.69) is 20.9 Å². The molecule has 12 heavy (non-hydrogen) atoms. The molecule has 2 N–H and O–H groups in total. The van der Waals surface area contributed by atoms with Gasteiger partial charge in [0.05, 0.1) is 0 Å². The predicted molar refractivity (Wildman–Crippen MR) is 49.9 cm³/mol. The van der Waals surface area contributed by atoms with Crippen LogP contribution in [0, 0.1) is 0 Å². The Hall–Kier alpha value is -0.740. The number of nitrogens with zero attached hydrogens (tertiary/aromatic N) is 1. The number of halogens is 1. The quantitative estimate of drug-likeness (QED) is 0.796. The molecule has 0 bridgehead atoms. The Bertz CT molecular complexity index is 288. The molecule has 0 atom stereocenters. The Morgan fingerprint density at radius 1 is 1.67 bits per heavy atom. The molecule has 0 aliphatic carbocycles. The zero-order valence-corrected chi connectivity index (χ0v) is 8.04. The summed E-state index contributed by atoms with van der Waals surface area (Å²) in [6.07, 6.45) is 1.93. The van der Waals surface area contributed by atoms with Gasteiger partial charge >= 0.3 is 0 Å². The van der Waals surface area contributed by atoms with Crippen molar-refractivity contribution in [2.75, 3.05) is 6.54 Å². The summed E-state index contributed by atoms with van der Waals surface area (Å²) >= 11 is 3.24. The van der Waals surface area contributed by atoms with Crippen molar-refractivity contribution < 1.29 is 4.79 Å². The van der Waals surface area contributed by atoms with Gasteiger partial charge in [-0.05, 0) is 34.6 Å². The van der Waals surface area contributed by atoms with E-state index in [1.54, 1.807) is 18.3 Å². The van der Waals surface area contributed by atoms with Gasteiger partial charge in [-0.1, -0.05) is 0 Å². The molecule has 0 aliphatic heterocycles. The van der Waals surface area contributed by atoms with Gasteiger partial charge in [0.25, 0.3) is 0 Å². The number of carbonyl (C=O) groups is 1. The van der Waals surface area contributed by atoms with E-state index in [0.717, 1.165) is 4.47 Å². The van der Waals surface area contributed by atoms with Crippen LogP contribution in [0.3, 0.4) is 0 Å². The first-order valence-corrected chi connectivity index (χ1v) is 4.39. The molecule has 4 heteroatoms. The van der Waals surface area contributed by atoms with Crippen LogP contribution in [0.5, 0.6) is 0 Å². The molecule has 0 unspecified atom stereocenters. The molecular formula is C8H9BrN2O. The standard InChI is InChI=1S/C8H9BrN2O/c9-6-2-1-5-11-8(6)7(12)3-4-10/h1-2,5H,3-4,10H2. The molecule has 0 spiro atoms. The third kappa shape index (κ3) is 2.12. The highest BCUT2D eigenvalue weighted by atomic mass is 79.9. The molecular weight excluding hydrogens is 220 g/mol. The number of carbonyl (C=O) groups excluding carboxylic acids is 1. The lowest BCUT2D eigenvalue weighted by atomic mass is 10.2. The molecule has 0 saturated carbocycles. The number of nitrogens with two attached hydrogens (primary N) is 1. The summed E-state index contributed by atoms with van der Waals surface area (Å²) in [5, 5.41) is 0. The minimum Gasteiger partial charge on any atom is -0.330 e. The summed E-state index contributed by atoms with van der Waals surface area (Å²) in [5.41, 5.74) is 5.71. The first-order valence-electron chi connectivity index (χ1n) is 3.59. The Morgan fingerprint density at radius 2 is 2.42 bits per heavy atom. The van der Waals surface area contributed by atoms with E-state index in [0.29, 0.717) is 18.7 Å². The van der Waals surface area contributed by atoms with Crippen molar-refractivity contribution in [1.29, 1.82) is 0 Å². The number of hydrogen-bond acceptors (Lipinski definition) is 3. The van der Waals surface area contributed by atoms with Crippen molar-refractivity contribution in [2.45, 2.75) is 6.42 Å². The number of Topliss-reactive ketones (excluding diaryl/α,β-unsaturated/α-hetero) is 1. The van der Waals surface area contributed by atoms with Crippen molar-refractivity contribution >= 4 is 21.7 Å². The van der Waals surface area contributed by atoms with Gasteiger partial charge in [-0.25, -0.2) is 0 Å². The SMILES string of the molecule is NCCC(=O)c1ncccc1Br. The second-order valence-corrected chi connectivity index (χ2v) is 3.15. The highest BCUT2D eigenvalue weighted by Crippen LogP contribution is 2.14. The smallest absolute Gasteiger partial charge is 0.183 e. The normalized spacial score (nSPS) is 9.83. The van der Waals surface area contributed by atoms with E-state index in [1.807, 2.05) is 0 Å². The molecule has 0 aromatic carbocycles. The fraction of sp³-hybridized carbons (Fsp3) is 0.250. The number of pyridine rings is 1. The van der Waals surface area contributed by atoms with Gasteiger partial charge in [-0.15, -0.1) is 0 Å².